The van der Waals surface area contributed by atoms with Crippen LogP contribution < -0.4 is 5.43 Å². The van der Waals surface area contributed by atoms with Gasteiger partial charge in [-0.25, -0.2) is 4.68 Å². The van der Waals surface area contributed by atoms with Crippen molar-refractivity contribution in [2.24, 2.45) is 0 Å². The van der Waals surface area contributed by atoms with E-state index >= 15 is 0 Å². The van der Waals surface area contributed by atoms with Crippen molar-refractivity contribution in [2.45, 2.75) is 39.0 Å². The molecule has 1 aromatic rings. The first-order valence-electron chi connectivity index (χ1n) is 5.16. The van der Waals surface area contributed by atoms with Crippen LogP contribution in [0, 0.1) is 4.77 Å². The fraction of sp³-hybridized carbons (Fsp3) is 0.667. The molecule has 1 heterocycles. The number of unbranched alkanes of at least 4 members (excludes halogenated alkanes) is 3. The summed E-state index contributed by atoms with van der Waals surface area (Å²) < 4.78 is 1.81. The van der Waals surface area contributed by atoms with Gasteiger partial charge in [0.1, 0.15) is 6.33 Å². The fourth-order valence-corrected chi connectivity index (χ4v) is 1.38. The molecule has 15 heavy (non-hydrogen) atoms. The van der Waals surface area contributed by atoms with E-state index in [0.29, 0.717) is 11.2 Å². The Morgan fingerprint density at radius 2 is 2.40 bits per heavy atom. The molecule has 1 amide bonds. The summed E-state index contributed by atoms with van der Waals surface area (Å²) in [5.74, 6) is -0.0244. The Morgan fingerprint density at radius 1 is 1.60 bits per heavy atom. The Morgan fingerprint density at radius 3 is 3.00 bits per heavy atom. The lowest BCUT2D eigenvalue weighted by molar-refractivity contribution is -0.117. The van der Waals surface area contributed by atoms with Crippen molar-refractivity contribution < 1.29 is 4.79 Å². The number of hydrogen-bond acceptors (Lipinski definition) is 3. The smallest absolute Gasteiger partial charge is 0.238 e. The summed E-state index contributed by atoms with van der Waals surface area (Å²) in [5.41, 5.74) is 2.65. The molecule has 0 spiro atoms. The number of carbonyl (C=O) groups is 1. The van der Waals surface area contributed by atoms with E-state index in [1.807, 2.05) is 0 Å². The van der Waals surface area contributed by atoms with Crippen LogP contribution in [0.15, 0.2) is 6.33 Å². The highest BCUT2D eigenvalue weighted by Crippen LogP contribution is 2.02. The van der Waals surface area contributed by atoms with E-state index in [2.05, 4.69) is 22.5 Å². The maximum atomic E-state index is 11.4. The number of carbonyl (C=O) groups excluding carboxylic acids is 1. The lowest BCUT2D eigenvalue weighted by Crippen LogP contribution is -2.21. The summed E-state index contributed by atoms with van der Waals surface area (Å²) in [6, 6.07) is 0. The summed E-state index contributed by atoms with van der Waals surface area (Å²) in [6.07, 6.45) is 6.36. The number of hydrogen-bond donors (Lipinski definition) is 2. The van der Waals surface area contributed by atoms with Gasteiger partial charge in [-0.2, -0.15) is 5.10 Å². The third-order valence-corrected chi connectivity index (χ3v) is 2.34. The summed E-state index contributed by atoms with van der Waals surface area (Å²) in [6.45, 7) is 2.14. The number of aromatic amines is 1. The van der Waals surface area contributed by atoms with Crippen LogP contribution in [0.4, 0.5) is 0 Å². The predicted octanol–water partition coefficient (Wildman–Crippen LogP) is 1.98. The Balaban J connectivity index is 2.25. The molecule has 1 rings (SSSR count). The molecule has 0 aliphatic carbocycles. The van der Waals surface area contributed by atoms with Crippen molar-refractivity contribution in [3.05, 3.63) is 11.1 Å². The zero-order chi connectivity index (χ0) is 11.1. The van der Waals surface area contributed by atoms with Crippen molar-refractivity contribution in [1.82, 2.24) is 14.9 Å². The van der Waals surface area contributed by atoms with Crippen molar-refractivity contribution in [3.8, 4) is 0 Å². The molecular formula is C9H16N4OS. The Hall–Kier alpha value is -1.17. The third kappa shape index (κ3) is 4.24. The van der Waals surface area contributed by atoms with Crippen molar-refractivity contribution >= 4 is 18.1 Å². The molecule has 0 fully saturated rings. The van der Waals surface area contributed by atoms with Crippen LogP contribution in [-0.2, 0) is 4.79 Å². The van der Waals surface area contributed by atoms with E-state index in [0.717, 1.165) is 12.8 Å². The van der Waals surface area contributed by atoms with Crippen LogP contribution in [0.25, 0.3) is 0 Å². The molecule has 84 valence electrons. The van der Waals surface area contributed by atoms with Gasteiger partial charge in [0.25, 0.3) is 0 Å². The van der Waals surface area contributed by atoms with E-state index in [1.165, 1.54) is 23.8 Å². The number of nitrogens with zero attached hydrogens (tertiary/aromatic N) is 2. The highest BCUT2D eigenvalue weighted by Gasteiger charge is 2.01. The standard InChI is InChI=1S/C9H16N4OS/c1-2-3-4-5-6-8(14)12-13-7-10-11-9(13)15/h7H,2-6H2,1H3,(H,11,15)(H,12,14). The molecule has 0 unspecified atom stereocenters. The zero-order valence-electron chi connectivity index (χ0n) is 8.82. The summed E-state index contributed by atoms with van der Waals surface area (Å²) in [7, 11) is 0. The number of aromatic nitrogens is 3. The maximum Gasteiger partial charge on any atom is 0.238 e. The molecule has 0 radical (unpaired) electrons. The van der Waals surface area contributed by atoms with Crippen LogP contribution in [0.1, 0.15) is 39.0 Å². The highest BCUT2D eigenvalue weighted by molar-refractivity contribution is 7.71. The van der Waals surface area contributed by atoms with Gasteiger partial charge in [0.05, 0.1) is 0 Å². The second-order valence-electron chi connectivity index (χ2n) is 3.38. The number of amides is 1. The van der Waals surface area contributed by atoms with Gasteiger partial charge >= 0.3 is 0 Å². The summed E-state index contributed by atoms with van der Waals surface area (Å²) >= 11 is 4.89. The van der Waals surface area contributed by atoms with E-state index < -0.39 is 0 Å². The fourth-order valence-electron chi connectivity index (χ4n) is 1.23. The molecule has 5 nitrogen and oxygen atoms in total. The van der Waals surface area contributed by atoms with Crippen molar-refractivity contribution in [3.63, 3.8) is 0 Å². The SMILES string of the molecule is CCCCCCC(=O)Nn1cn[nH]c1=S. The molecule has 0 atom stereocenters. The van der Waals surface area contributed by atoms with Gasteiger partial charge in [-0.15, -0.1) is 0 Å². The van der Waals surface area contributed by atoms with Gasteiger partial charge in [-0.3, -0.25) is 15.3 Å². The van der Waals surface area contributed by atoms with E-state index in [9.17, 15) is 4.79 Å². The minimum Gasteiger partial charge on any atom is -0.273 e. The molecule has 0 saturated carbocycles. The molecule has 6 heteroatoms. The lowest BCUT2D eigenvalue weighted by Gasteiger charge is -2.03. The second kappa shape index (κ2) is 6.34. The van der Waals surface area contributed by atoms with Gasteiger partial charge in [-0.1, -0.05) is 26.2 Å². The van der Waals surface area contributed by atoms with Crippen LogP contribution >= 0.6 is 12.2 Å². The van der Waals surface area contributed by atoms with Crippen LogP contribution in [0.3, 0.4) is 0 Å². The Kier molecular flexibility index (Phi) is 5.03. The topological polar surface area (TPSA) is 62.7 Å². The first-order chi connectivity index (χ1) is 7.24. The molecule has 1 aromatic heterocycles. The van der Waals surface area contributed by atoms with E-state index in [-0.39, 0.29) is 5.91 Å². The number of nitrogens with one attached hydrogen (secondary N) is 2. The Bertz CT molecular complexity index is 357. The summed E-state index contributed by atoms with van der Waals surface area (Å²) in [5, 5.41) is 6.27. The first kappa shape index (κ1) is 11.9. The van der Waals surface area contributed by atoms with Crippen LogP contribution in [0.2, 0.25) is 0 Å². The van der Waals surface area contributed by atoms with Crippen LogP contribution in [0.5, 0.6) is 0 Å². The quantitative estimate of drug-likeness (QED) is 0.578. The maximum absolute atomic E-state index is 11.4. The average Bonchev–Trinajstić information content (AvgIpc) is 2.59. The third-order valence-electron chi connectivity index (χ3n) is 2.05. The largest absolute Gasteiger partial charge is 0.273 e. The summed E-state index contributed by atoms with van der Waals surface area (Å²) in [4.78, 5) is 11.4. The van der Waals surface area contributed by atoms with Crippen molar-refractivity contribution in [2.75, 3.05) is 5.43 Å². The number of H-pyrrole nitrogens is 1. The van der Waals surface area contributed by atoms with Crippen LogP contribution in [-0.4, -0.2) is 20.8 Å². The molecule has 0 saturated heterocycles. The predicted molar refractivity (Wildman–Crippen MR) is 60.5 cm³/mol. The van der Waals surface area contributed by atoms with Gasteiger partial charge in [0.15, 0.2) is 0 Å². The Labute approximate surface area is 93.9 Å². The lowest BCUT2D eigenvalue weighted by atomic mass is 10.1. The van der Waals surface area contributed by atoms with E-state index in [1.54, 1.807) is 0 Å². The van der Waals surface area contributed by atoms with Gasteiger partial charge in [0.2, 0.25) is 10.7 Å². The molecule has 0 aromatic carbocycles. The highest BCUT2D eigenvalue weighted by atomic mass is 32.1. The first-order valence-corrected chi connectivity index (χ1v) is 5.56. The van der Waals surface area contributed by atoms with E-state index in [4.69, 9.17) is 12.2 Å². The average molecular weight is 228 g/mol. The van der Waals surface area contributed by atoms with Crippen molar-refractivity contribution in [1.29, 1.82) is 0 Å². The molecule has 0 aliphatic rings. The minimum atomic E-state index is -0.0244. The monoisotopic (exact) mass is 228 g/mol. The minimum absolute atomic E-state index is 0.0244. The van der Waals surface area contributed by atoms with Gasteiger partial charge in [0, 0.05) is 6.42 Å². The molecule has 0 bridgehead atoms. The molecule has 0 aliphatic heterocycles. The normalized spacial score (nSPS) is 10.2. The van der Waals surface area contributed by atoms with Gasteiger partial charge < -0.3 is 0 Å². The molecular weight excluding hydrogens is 212 g/mol. The molecule has 2 N–H and O–H groups in total. The van der Waals surface area contributed by atoms with Gasteiger partial charge in [-0.05, 0) is 18.6 Å². The zero-order valence-corrected chi connectivity index (χ0v) is 9.64. The second-order valence-corrected chi connectivity index (χ2v) is 3.76. The number of rotatable bonds is 6.